The van der Waals surface area contributed by atoms with E-state index < -0.39 is 12.1 Å². The van der Waals surface area contributed by atoms with Gasteiger partial charge in [-0.2, -0.15) is 0 Å². The number of halogens is 1. The van der Waals surface area contributed by atoms with E-state index in [9.17, 15) is 9.59 Å². The van der Waals surface area contributed by atoms with Crippen LogP contribution in [0.25, 0.3) is 10.9 Å². The smallest absolute Gasteiger partial charge is 0.246 e. The number of carbonyl (C=O) groups excluding carboxylic acids is 2. The first kappa shape index (κ1) is 25.3. The lowest BCUT2D eigenvalue weighted by Gasteiger charge is -2.47. The Kier molecular flexibility index (Phi) is 6.46. The maximum absolute atomic E-state index is 14.1. The van der Waals surface area contributed by atoms with Gasteiger partial charge in [-0.15, -0.1) is 0 Å². The molecule has 2 atom stereocenters. The SMILES string of the molecule is COc1cc(CN2CC(=O)N3C(c4cccc(Br)c4)c4[nH]c5ccccc5c4C[C@H]3C2=O)cc(OC)c1OC. The first-order valence-electron chi connectivity index (χ1n) is 12.7. The quantitative estimate of drug-likeness (QED) is 0.348. The number of aromatic nitrogens is 1. The molecule has 9 heteroatoms. The number of benzene rings is 3. The molecule has 0 aliphatic carbocycles. The summed E-state index contributed by atoms with van der Waals surface area (Å²) in [5, 5.41) is 1.08. The Morgan fingerprint density at radius 3 is 2.38 bits per heavy atom. The molecular formula is C30H28BrN3O5. The third-order valence-electron chi connectivity index (χ3n) is 7.60. The minimum atomic E-state index is -0.621. The van der Waals surface area contributed by atoms with Crippen molar-refractivity contribution in [3.63, 3.8) is 0 Å². The largest absolute Gasteiger partial charge is 0.493 e. The molecule has 0 saturated carbocycles. The van der Waals surface area contributed by atoms with Gasteiger partial charge in [0.05, 0.1) is 27.4 Å². The van der Waals surface area contributed by atoms with E-state index in [1.807, 2.05) is 54.6 Å². The third kappa shape index (κ3) is 4.21. The molecule has 1 N–H and O–H groups in total. The Morgan fingerprint density at radius 1 is 0.949 bits per heavy atom. The zero-order valence-corrected chi connectivity index (χ0v) is 23.4. The summed E-state index contributed by atoms with van der Waals surface area (Å²) in [5.41, 5.74) is 4.77. The fourth-order valence-corrected chi connectivity index (χ4v) is 6.34. The number of hydrogen-bond acceptors (Lipinski definition) is 5. The van der Waals surface area contributed by atoms with Gasteiger partial charge in [0.25, 0.3) is 0 Å². The highest BCUT2D eigenvalue weighted by atomic mass is 79.9. The van der Waals surface area contributed by atoms with E-state index in [1.54, 1.807) is 31.1 Å². The van der Waals surface area contributed by atoms with E-state index in [0.717, 1.165) is 37.8 Å². The second kappa shape index (κ2) is 9.96. The number of rotatable bonds is 6. The van der Waals surface area contributed by atoms with Crippen molar-refractivity contribution in [2.45, 2.75) is 25.0 Å². The number of fused-ring (bicyclic) bond motifs is 4. The molecule has 2 amide bonds. The molecule has 1 aromatic heterocycles. The van der Waals surface area contributed by atoms with Gasteiger partial charge in [0.15, 0.2) is 11.5 Å². The van der Waals surface area contributed by atoms with Crippen molar-refractivity contribution in [1.29, 1.82) is 0 Å². The fourth-order valence-electron chi connectivity index (χ4n) is 5.93. The van der Waals surface area contributed by atoms with Gasteiger partial charge < -0.3 is 29.0 Å². The molecule has 6 rings (SSSR count). The van der Waals surface area contributed by atoms with Crippen LogP contribution < -0.4 is 14.2 Å². The van der Waals surface area contributed by atoms with Crippen LogP contribution in [0.4, 0.5) is 0 Å². The topological polar surface area (TPSA) is 84.1 Å². The van der Waals surface area contributed by atoms with Crippen molar-refractivity contribution >= 4 is 38.6 Å². The maximum Gasteiger partial charge on any atom is 0.246 e. The van der Waals surface area contributed by atoms with Crippen LogP contribution in [0, 0.1) is 0 Å². The number of nitrogens with zero attached hydrogens (tertiary/aromatic N) is 2. The van der Waals surface area contributed by atoms with Gasteiger partial charge in [0.2, 0.25) is 17.6 Å². The number of hydrogen-bond donors (Lipinski definition) is 1. The Balaban J connectivity index is 1.41. The van der Waals surface area contributed by atoms with Crippen molar-refractivity contribution in [2.75, 3.05) is 27.9 Å². The Hall–Kier alpha value is -3.98. The summed E-state index contributed by atoms with van der Waals surface area (Å²) in [7, 11) is 4.65. The first-order valence-corrected chi connectivity index (χ1v) is 13.5. The Morgan fingerprint density at radius 2 is 1.69 bits per heavy atom. The zero-order chi connectivity index (χ0) is 27.3. The predicted octanol–water partition coefficient (Wildman–Crippen LogP) is 4.84. The molecule has 0 radical (unpaired) electrons. The number of piperazine rings is 1. The molecule has 1 unspecified atom stereocenters. The van der Waals surface area contributed by atoms with E-state index in [0.29, 0.717) is 23.7 Å². The summed E-state index contributed by atoms with van der Waals surface area (Å²) in [6.07, 6.45) is 0.445. The molecule has 1 fully saturated rings. The summed E-state index contributed by atoms with van der Waals surface area (Å²) in [6, 6.07) is 18.6. The number of methoxy groups -OCH3 is 3. The fraction of sp³-hybridized carbons (Fsp3) is 0.267. The molecule has 3 aromatic carbocycles. The summed E-state index contributed by atoms with van der Waals surface area (Å²) in [6.45, 7) is 0.222. The van der Waals surface area contributed by atoms with Gasteiger partial charge >= 0.3 is 0 Å². The number of aromatic amines is 1. The minimum absolute atomic E-state index is 0.0218. The molecule has 4 aromatic rings. The minimum Gasteiger partial charge on any atom is -0.493 e. The van der Waals surface area contributed by atoms with E-state index in [-0.39, 0.29) is 24.9 Å². The third-order valence-corrected chi connectivity index (χ3v) is 8.10. The molecule has 0 spiro atoms. The molecule has 0 bridgehead atoms. The van der Waals surface area contributed by atoms with E-state index in [1.165, 1.54) is 0 Å². The van der Waals surface area contributed by atoms with Crippen molar-refractivity contribution in [3.05, 3.63) is 87.5 Å². The molecule has 2 aliphatic heterocycles. The first-order chi connectivity index (χ1) is 18.9. The van der Waals surface area contributed by atoms with Crippen LogP contribution >= 0.6 is 15.9 Å². The van der Waals surface area contributed by atoms with Gasteiger partial charge in [-0.25, -0.2) is 0 Å². The zero-order valence-electron chi connectivity index (χ0n) is 21.9. The van der Waals surface area contributed by atoms with Gasteiger partial charge in [-0.05, 0) is 47.0 Å². The second-order valence-electron chi connectivity index (χ2n) is 9.77. The lowest BCUT2D eigenvalue weighted by molar-refractivity contribution is -0.159. The summed E-state index contributed by atoms with van der Waals surface area (Å²) in [4.78, 5) is 34.9. The van der Waals surface area contributed by atoms with Crippen molar-refractivity contribution < 1.29 is 23.8 Å². The number of ether oxygens (including phenoxy) is 3. The van der Waals surface area contributed by atoms with Crippen molar-refractivity contribution in [2.24, 2.45) is 0 Å². The molecule has 8 nitrogen and oxygen atoms in total. The van der Waals surface area contributed by atoms with E-state index in [2.05, 4.69) is 27.0 Å². The van der Waals surface area contributed by atoms with Crippen LogP contribution in [0.15, 0.2) is 65.1 Å². The molecule has 200 valence electrons. The Bertz CT molecular complexity index is 1570. The number of para-hydroxylation sites is 1. The van der Waals surface area contributed by atoms with Crippen LogP contribution in [0.1, 0.15) is 28.4 Å². The molecule has 3 heterocycles. The number of nitrogens with one attached hydrogen (secondary N) is 1. The van der Waals surface area contributed by atoms with Crippen LogP contribution in [0.5, 0.6) is 17.2 Å². The van der Waals surface area contributed by atoms with Gasteiger partial charge in [0, 0.05) is 34.0 Å². The number of amides is 2. The molecule has 1 saturated heterocycles. The number of carbonyl (C=O) groups is 2. The molecule has 2 aliphatic rings. The lowest BCUT2D eigenvalue weighted by atomic mass is 9.86. The Labute approximate surface area is 234 Å². The maximum atomic E-state index is 14.1. The molecular weight excluding hydrogens is 562 g/mol. The standard InChI is InChI=1S/C30H28BrN3O5/c1-37-24-11-17(12-25(38-2)29(24)39-3)15-33-16-26(35)34-23(30(33)36)14-21-20-9-4-5-10-22(20)32-27(21)28(34)18-7-6-8-19(31)13-18/h4-13,23,28,32H,14-16H2,1-3H3/t23-,28?/m0/s1. The highest BCUT2D eigenvalue weighted by molar-refractivity contribution is 9.10. The van der Waals surface area contributed by atoms with Gasteiger partial charge in [-0.1, -0.05) is 46.3 Å². The average Bonchev–Trinajstić information content (AvgIpc) is 3.32. The van der Waals surface area contributed by atoms with Crippen LogP contribution in [0.3, 0.4) is 0 Å². The van der Waals surface area contributed by atoms with Crippen molar-refractivity contribution in [3.8, 4) is 17.2 Å². The van der Waals surface area contributed by atoms with Crippen LogP contribution in [-0.4, -0.2) is 60.5 Å². The highest BCUT2D eigenvalue weighted by Crippen LogP contribution is 2.43. The monoisotopic (exact) mass is 589 g/mol. The van der Waals surface area contributed by atoms with Crippen LogP contribution in [0.2, 0.25) is 0 Å². The van der Waals surface area contributed by atoms with Crippen LogP contribution in [-0.2, 0) is 22.6 Å². The second-order valence-corrected chi connectivity index (χ2v) is 10.7. The summed E-state index contributed by atoms with van der Waals surface area (Å²) in [5.74, 6) is 1.30. The normalized spacial score (nSPS) is 18.7. The number of H-pyrrole nitrogens is 1. The van der Waals surface area contributed by atoms with Gasteiger partial charge in [0.1, 0.15) is 12.6 Å². The molecule has 39 heavy (non-hydrogen) atoms. The summed E-state index contributed by atoms with van der Waals surface area (Å²) >= 11 is 3.58. The highest BCUT2D eigenvalue weighted by Gasteiger charge is 2.48. The van der Waals surface area contributed by atoms with Crippen molar-refractivity contribution in [1.82, 2.24) is 14.8 Å². The van der Waals surface area contributed by atoms with Gasteiger partial charge in [-0.3, -0.25) is 9.59 Å². The lowest BCUT2D eigenvalue weighted by Crippen LogP contribution is -2.62. The summed E-state index contributed by atoms with van der Waals surface area (Å²) < 4.78 is 17.3. The van der Waals surface area contributed by atoms with E-state index in [4.69, 9.17) is 14.2 Å². The average molecular weight is 590 g/mol. The van der Waals surface area contributed by atoms with E-state index >= 15 is 0 Å². The predicted molar refractivity (Wildman–Crippen MR) is 150 cm³/mol.